The maximum atomic E-state index is 5.34. The van der Waals surface area contributed by atoms with Crippen molar-refractivity contribution in [1.82, 2.24) is 10.6 Å². The summed E-state index contributed by atoms with van der Waals surface area (Å²) in [6.07, 6.45) is 2.22. The van der Waals surface area contributed by atoms with E-state index in [2.05, 4.69) is 10.6 Å². The van der Waals surface area contributed by atoms with Crippen LogP contribution in [0.15, 0.2) is 0 Å². The van der Waals surface area contributed by atoms with E-state index in [0.29, 0.717) is 0 Å². The minimum Gasteiger partial charge on any atom is -0.330 e. The average Bonchev–Trinajstić information content (AvgIpc) is 2.10. The van der Waals surface area contributed by atoms with Crippen LogP contribution in [0, 0.1) is 0 Å². The molecule has 0 saturated heterocycles. The van der Waals surface area contributed by atoms with Crippen LogP contribution in [0.2, 0.25) is 0 Å². The van der Waals surface area contributed by atoms with Crippen LogP contribution in [0.1, 0.15) is 12.8 Å². The highest BCUT2D eigenvalue weighted by Gasteiger charge is 1.87. The molecule has 0 saturated carbocycles. The first kappa shape index (κ1) is 11.8. The van der Waals surface area contributed by atoms with Crippen LogP contribution in [0.5, 0.6) is 0 Å². The molecule has 0 aromatic carbocycles. The van der Waals surface area contributed by atoms with Crippen LogP contribution in [0.25, 0.3) is 0 Å². The molecule has 0 atom stereocenters. The van der Waals surface area contributed by atoms with Crippen molar-refractivity contribution in [2.45, 2.75) is 12.8 Å². The van der Waals surface area contributed by atoms with Crippen molar-refractivity contribution in [3.05, 3.63) is 0 Å². The van der Waals surface area contributed by atoms with E-state index in [4.69, 9.17) is 11.5 Å². The van der Waals surface area contributed by atoms with Gasteiger partial charge in [-0.05, 0) is 39.0 Å². The van der Waals surface area contributed by atoms with Crippen LogP contribution in [0.4, 0.5) is 0 Å². The van der Waals surface area contributed by atoms with Gasteiger partial charge in [-0.25, -0.2) is 0 Å². The monoisotopic (exact) mass is 174 g/mol. The first-order valence-corrected chi connectivity index (χ1v) is 4.73. The van der Waals surface area contributed by atoms with E-state index >= 15 is 0 Å². The van der Waals surface area contributed by atoms with Crippen molar-refractivity contribution in [3.63, 3.8) is 0 Å². The van der Waals surface area contributed by atoms with Gasteiger partial charge in [0.2, 0.25) is 0 Å². The van der Waals surface area contributed by atoms with Gasteiger partial charge in [-0.3, -0.25) is 0 Å². The second kappa shape index (κ2) is 10.8. The zero-order chi connectivity index (χ0) is 9.07. The van der Waals surface area contributed by atoms with Crippen LogP contribution < -0.4 is 22.1 Å². The lowest BCUT2D eigenvalue weighted by molar-refractivity contribution is 0.589. The molecule has 0 aliphatic heterocycles. The van der Waals surface area contributed by atoms with Crippen LogP contribution in [-0.2, 0) is 0 Å². The highest BCUT2D eigenvalue weighted by molar-refractivity contribution is 4.52. The largest absolute Gasteiger partial charge is 0.330 e. The SMILES string of the molecule is NCCCNCCCNCCN. The Kier molecular flexibility index (Phi) is 10.7. The highest BCUT2D eigenvalue weighted by Crippen LogP contribution is 1.74. The van der Waals surface area contributed by atoms with Crippen LogP contribution in [0.3, 0.4) is 0 Å². The maximum absolute atomic E-state index is 5.34. The van der Waals surface area contributed by atoms with E-state index in [-0.39, 0.29) is 0 Å². The van der Waals surface area contributed by atoms with Crippen molar-refractivity contribution in [3.8, 4) is 0 Å². The molecule has 0 radical (unpaired) electrons. The lowest BCUT2D eigenvalue weighted by Gasteiger charge is -2.04. The van der Waals surface area contributed by atoms with Gasteiger partial charge in [0.05, 0.1) is 0 Å². The quantitative estimate of drug-likeness (QED) is 0.333. The van der Waals surface area contributed by atoms with E-state index in [1.807, 2.05) is 0 Å². The van der Waals surface area contributed by atoms with E-state index < -0.39 is 0 Å². The summed E-state index contributed by atoms with van der Waals surface area (Å²) in [6, 6.07) is 0. The fourth-order valence-electron chi connectivity index (χ4n) is 0.918. The third-order valence-electron chi connectivity index (χ3n) is 1.59. The van der Waals surface area contributed by atoms with Crippen LogP contribution >= 0.6 is 0 Å². The van der Waals surface area contributed by atoms with Crippen molar-refractivity contribution >= 4 is 0 Å². The Balaban J connectivity index is 2.73. The van der Waals surface area contributed by atoms with Crippen molar-refractivity contribution in [2.24, 2.45) is 11.5 Å². The minimum atomic E-state index is 0.723. The Morgan fingerprint density at radius 2 is 1.25 bits per heavy atom. The molecule has 0 aromatic rings. The van der Waals surface area contributed by atoms with Crippen LogP contribution in [-0.4, -0.2) is 39.3 Å². The van der Waals surface area contributed by atoms with Gasteiger partial charge >= 0.3 is 0 Å². The molecule has 6 N–H and O–H groups in total. The summed E-state index contributed by atoms with van der Waals surface area (Å²) in [5.41, 5.74) is 10.7. The first-order chi connectivity index (χ1) is 5.91. The molecule has 74 valence electrons. The Bertz CT molecular complexity index is 67.5. The molecule has 0 amide bonds. The predicted octanol–water partition coefficient (Wildman–Crippen LogP) is -1.14. The summed E-state index contributed by atoms with van der Waals surface area (Å²) in [4.78, 5) is 0. The third kappa shape index (κ3) is 9.84. The van der Waals surface area contributed by atoms with E-state index in [1.165, 1.54) is 0 Å². The third-order valence-corrected chi connectivity index (χ3v) is 1.59. The maximum Gasteiger partial charge on any atom is 0.00745 e. The Hall–Kier alpha value is -0.160. The molecule has 0 aliphatic rings. The van der Waals surface area contributed by atoms with Gasteiger partial charge in [0.25, 0.3) is 0 Å². The lowest BCUT2D eigenvalue weighted by atomic mass is 10.4. The van der Waals surface area contributed by atoms with Gasteiger partial charge in [-0.15, -0.1) is 0 Å². The second-order valence-electron chi connectivity index (χ2n) is 2.78. The normalized spacial score (nSPS) is 10.5. The molecule has 0 aromatic heterocycles. The minimum absolute atomic E-state index is 0.723. The van der Waals surface area contributed by atoms with Crippen molar-refractivity contribution in [1.29, 1.82) is 0 Å². The van der Waals surface area contributed by atoms with Gasteiger partial charge in [0.1, 0.15) is 0 Å². The number of nitrogens with two attached hydrogens (primary N) is 2. The van der Waals surface area contributed by atoms with Gasteiger partial charge in [0.15, 0.2) is 0 Å². The molecular formula is C8H22N4. The molecule has 0 spiro atoms. The molecule has 4 heteroatoms. The van der Waals surface area contributed by atoms with E-state index in [0.717, 1.165) is 52.1 Å². The Morgan fingerprint density at radius 3 is 1.83 bits per heavy atom. The van der Waals surface area contributed by atoms with Gasteiger partial charge < -0.3 is 22.1 Å². The van der Waals surface area contributed by atoms with E-state index in [9.17, 15) is 0 Å². The number of hydrogen-bond acceptors (Lipinski definition) is 4. The summed E-state index contributed by atoms with van der Waals surface area (Å²) in [7, 11) is 0. The molecule has 0 aliphatic carbocycles. The summed E-state index contributed by atoms with van der Waals surface area (Å²) in [6.45, 7) is 5.57. The van der Waals surface area contributed by atoms with Gasteiger partial charge in [-0.1, -0.05) is 0 Å². The summed E-state index contributed by atoms with van der Waals surface area (Å²) >= 11 is 0. The molecule has 0 unspecified atom stereocenters. The summed E-state index contributed by atoms with van der Waals surface area (Å²) in [5.74, 6) is 0. The number of nitrogens with one attached hydrogen (secondary N) is 2. The fourth-order valence-corrected chi connectivity index (χ4v) is 0.918. The molecule has 0 heterocycles. The predicted molar refractivity (Wildman–Crippen MR) is 53.1 cm³/mol. The molecule has 0 rings (SSSR count). The van der Waals surface area contributed by atoms with Gasteiger partial charge in [-0.2, -0.15) is 0 Å². The Labute approximate surface area is 75.1 Å². The molecule has 0 fully saturated rings. The molecule has 0 bridgehead atoms. The molecule has 4 nitrogen and oxygen atoms in total. The fraction of sp³-hybridized carbons (Fsp3) is 1.00. The zero-order valence-electron chi connectivity index (χ0n) is 7.81. The Morgan fingerprint density at radius 1 is 0.667 bits per heavy atom. The second-order valence-corrected chi connectivity index (χ2v) is 2.78. The van der Waals surface area contributed by atoms with E-state index in [1.54, 1.807) is 0 Å². The van der Waals surface area contributed by atoms with Crippen molar-refractivity contribution < 1.29 is 0 Å². The molecular weight excluding hydrogens is 152 g/mol. The number of hydrogen-bond donors (Lipinski definition) is 4. The zero-order valence-corrected chi connectivity index (χ0v) is 7.81. The summed E-state index contributed by atoms with van der Waals surface area (Å²) in [5, 5.41) is 6.55. The topological polar surface area (TPSA) is 76.1 Å². The lowest BCUT2D eigenvalue weighted by Crippen LogP contribution is -2.27. The van der Waals surface area contributed by atoms with Crippen molar-refractivity contribution in [2.75, 3.05) is 39.3 Å². The first-order valence-electron chi connectivity index (χ1n) is 4.73. The molecule has 12 heavy (non-hydrogen) atoms. The standard InChI is InChI=1S/C8H22N4/c9-3-1-5-11-6-2-7-12-8-4-10/h11-12H,1-10H2. The average molecular weight is 174 g/mol. The summed E-state index contributed by atoms with van der Waals surface area (Å²) < 4.78 is 0. The highest BCUT2D eigenvalue weighted by atomic mass is 14.9. The number of rotatable bonds is 9. The smallest absolute Gasteiger partial charge is 0.00745 e. The van der Waals surface area contributed by atoms with Gasteiger partial charge in [0, 0.05) is 13.1 Å².